The Bertz CT molecular complexity index is 1740. The van der Waals surface area contributed by atoms with Gasteiger partial charge in [-0.3, -0.25) is 5.32 Å². The molecule has 1 fully saturated rings. The van der Waals surface area contributed by atoms with Gasteiger partial charge in [-0.1, -0.05) is 54.6 Å². The minimum absolute atomic E-state index is 0.138. The first-order valence-electron chi connectivity index (χ1n) is 13.0. The maximum atomic E-state index is 16.0. The number of anilines is 1. The van der Waals surface area contributed by atoms with E-state index < -0.39 is 50.6 Å². The number of halogens is 6. The molecule has 0 radical (unpaired) electrons. The van der Waals surface area contributed by atoms with E-state index in [1.807, 2.05) is 0 Å². The van der Waals surface area contributed by atoms with Crippen LogP contribution in [0.4, 0.5) is 36.8 Å². The molecule has 1 saturated carbocycles. The summed E-state index contributed by atoms with van der Waals surface area (Å²) in [5, 5.41) is 2.59. The third kappa shape index (κ3) is 3.16. The van der Waals surface area contributed by atoms with Crippen LogP contribution in [0.15, 0.2) is 99.8 Å². The van der Waals surface area contributed by atoms with Crippen molar-refractivity contribution < 1.29 is 35.9 Å². The minimum atomic E-state index is -5.69. The van der Waals surface area contributed by atoms with E-state index in [-0.39, 0.29) is 22.3 Å². The Morgan fingerprint density at radius 2 is 1.21 bits per heavy atom. The van der Waals surface area contributed by atoms with Gasteiger partial charge in [0.25, 0.3) is 0 Å². The topological polar surface area (TPSA) is 38.3 Å². The molecule has 0 unspecified atom stereocenters. The Hall–Kier alpha value is -3.31. The lowest BCUT2D eigenvalue weighted by Gasteiger charge is -2.51. The van der Waals surface area contributed by atoms with E-state index in [4.69, 9.17) is 4.74 Å². The number of carbonyl (C=O) groups is 1. The third-order valence-electron chi connectivity index (χ3n) is 8.50. The lowest BCUT2D eigenvalue weighted by Crippen LogP contribution is -2.57. The number of alkyl halides is 6. The maximum Gasteiger partial charge on any atom is 0.411 e. The summed E-state index contributed by atoms with van der Waals surface area (Å²) in [5.74, 6) is -16.1. The van der Waals surface area contributed by atoms with Gasteiger partial charge >= 0.3 is 23.9 Å². The van der Waals surface area contributed by atoms with Gasteiger partial charge in [0.1, 0.15) is 10.9 Å². The van der Waals surface area contributed by atoms with Crippen LogP contribution < -0.4 is 5.32 Å². The summed E-state index contributed by atoms with van der Waals surface area (Å²) in [6.45, 7) is 3.08. The Kier molecular flexibility index (Phi) is 5.65. The Labute approximate surface area is 245 Å². The fourth-order valence-corrected chi connectivity index (χ4v) is 10.2. The van der Waals surface area contributed by atoms with Crippen LogP contribution in [0.5, 0.6) is 0 Å². The van der Waals surface area contributed by atoms with Crippen LogP contribution in [0.2, 0.25) is 0 Å². The quantitative estimate of drug-likeness (QED) is 0.298. The second-order valence-electron chi connectivity index (χ2n) is 10.7. The normalized spacial score (nSPS) is 27.9. The molecular formula is C31H21F6NO2S2. The van der Waals surface area contributed by atoms with E-state index in [2.05, 4.69) is 5.32 Å². The van der Waals surface area contributed by atoms with Gasteiger partial charge in [0, 0.05) is 26.6 Å². The van der Waals surface area contributed by atoms with Crippen molar-refractivity contribution in [1.29, 1.82) is 0 Å². The number of hydrogen-bond acceptors (Lipinski definition) is 4. The van der Waals surface area contributed by atoms with Crippen LogP contribution in [-0.2, 0) is 4.74 Å². The standard InChI is InChI=1S/C31H21F6NO2S2/c1-16(40-26(39)38-17-10-4-3-5-11-17)28-23(19-13-7-9-15-21(19)42-28)25-24(29(32,33)31(36,37)30(25,34)35)22-18-12-6-8-14-20(18)41-27(22,28)2/h3-16H,1-2H3,(H,38,39)/t16-,27+,28+/m0/s1. The largest absolute Gasteiger partial charge is 0.444 e. The first-order chi connectivity index (χ1) is 19.8. The number of allylic oxidation sites excluding steroid dienone is 2. The van der Waals surface area contributed by atoms with Crippen LogP contribution in [0.25, 0.3) is 11.1 Å². The van der Waals surface area contributed by atoms with Gasteiger partial charge in [-0.05, 0) is 60.4 Å². The number of fused-ring (bicyclic) bond motifs is 8. The van der Waals surface area contributed by atoms with Crippen molar-refractivity contribution in [2.45, 2.75) is 57.0 Å². The molecule has 42 heavy (non-hydrogen) atoms. The van der Waals surface area contributed by atoms with Crippen molar-refractivity contribution in [2.75, 3.05) is 5.32 Å². The highest BCUT2D eigenvalue weighted by Crippen LogP contribution is 2.78. The highest BCUT2D eigenvalue weighted by molar-refractivity contribution is 8.06. The number of thioether (sulfide) groups is 2. The van der Waals surface area contributed by atoms with Gasteiger partial charge in [0.2, 0.25) is 0 Å². The molecule has 4 aliphatic rings. The molecule has 3 nitrogen and oxygen atoms in total. The van der Waals surface area contributed by atoms with E-state index in [0.29, 0.717) is 15.5 Å². The second kappa shape index (κ2) is 8.63. The summed E-state index contributed by atoms with van der Waals surface area (Å²) in [6, 6.07) is 21.0. The molecule has 0 aromatic heterocycles. The minimum Gasteiger partial charge on any atom is -0.444 e. The van der Waals surface area contributed by atoms with Gasteiger partial charge in [-0.25, -0.2) is 4.79 Å². The molecule has 3 aromatic rings. The highest BCUT2D eigenvalue weighted by Gasteiger charge is 2.85. The number of nitrogens with one attached hydrogen (secondary N) is 1. The molecule has 0 bridgehead atoms. The van der Waals surface area contributed by atoms with Crippen molar-refractivity contribution in [3.63, 3.8) is 0 Å². The smallest absolute Gasteiger partial charge is 0.411 e. The molecule has 11 heteroatoms. The lowest BCUT2D eigenvalue weighted by molar-refractivity contribution is -0.257. The monoisotopic (exact) mass is 617 g/mol. The number of rotatable bonds is 3. The summed E-state index contributed by atoms with van der Waals surface area (Å²) in [5.41, 5.74) is -2.65. The zero-order valence-corrected chi connectivity index (χ0v) is 23.6. The van der Waals surface area contributed by atoms with E-state index in [9.17, 15) is 4.79 Å². The van der Waals surface area contributed by atoms with Gasteiger partial charge in [0.15, 0.2) is 0 Å². The fourth-order valence-electron chi connectivity index (χ4n) is 6.74. The van der Waals surface area contributed by atoms with Crippen LogP contribution >= 0.6 is 23.5 Å². The maximum absolute atomic E-state index is 16.0. The molecule has 3 atom stereocenters. The molecule has 2 aliphatic heterocycles. The number of para-hydroxylation sites is 1. The number of carbonyl (C=O) groups excluding carboxylic acids is 1. The van der Waals surface area contributed by atoms with E-state index in [0.717, 1.165) is 23.5 Å². The summed E-state index contributed by atoms with van der Waals surface area (Å²) in [4.78, 5) is 14.1. The van der Waals surface area contributed by atoms with Crippen molar-refractivity contribution in [3.05, 3.63) is 101 Å². The summed E-state index contributed by atoms with van der Waals surface area (Å²) in [7, 11) is 0. The van der Waals surface area contributed by atoms with Gasteiger partial charge < -0.3 is 4.74 Å². The average Bonchev–Trinajstić information content (AvgIpc) is 3.49. The molecule has 0 spiro atoms. The third-order valence-corrected chi connectivity index (χ3v) is 12.0. The molecule has 3 aromatic carbocycles. The van der Waals surface area contributed by atoms with Gasteiger partial charge in [-0.2, -0.15) is 26.3 Å². The fraction of sp³-hybridized carbons (Fsp3) is 0.258. The Morgan fingerprint density at radius 3 is 1.83 bits per heavy atom. The molecule has 2 aliphatic carbocycles. The molecule has 2 heterocycles. The first-order valence-corrected chi connectivity index (χ1v) is 14.7. The van der Waals surface area contributed by atoms with Crippen LogP contribution in [0, 0.1) is 0 Å². The molecule has 1 N–H and O–H groups in total. The van der Waals surface area contributed by atoms with Crippen molar-refractivity contribution in [1.82, 2.24) is 0 Å². The van der Waals surface area contributed by atoms with E-state index in [1.54, 1.807) is 67.6 Å². The van der Waals surface area contributed by atoms with E-state index in [1.165, 1.54) is 25.1 Å². The predicted molar refractivity (Wildman–Crippen MR) is 150 cm³/mol. The van der Waals surface area contributed by atoms with Crippen LogP contribution in [-0.4, -0.2) is 39.5 Å². The average molecular weight is 618 g/mol. The molecule has 216 valence electrons. The first kappa shape index (κ1) is 27.5. The molecular weight excluding hydrogens is 596 g/mol. The molecule has 7 rings (SSSR count). The van der Waals surface area contributed by atoms with Crippen LogP contribution in [0.3, 0.4) is 0 Å². The number of ether oxygens (including phenoxy) is 1. The number of hydrogen-bond donors (Lipinski definition) is 1. The van der Waals surface area contributed by atoms with Crippen molar-refractivity contribution >= 4 is 46.5 Å². The number of amides is 1. The summed E-state index contributed by atoms with van der Waals surface area (Å²) >= 11 is 2.21. The zero-order valence-electron chi connectivity index (χ0n) is 22.0. The zero-order chi connectivity index (χ0) is 29.9. The van der Waals surface area contributed by atoms with Crippen molar-refractivity contribution in [2.24, 2.45) is 0 Å². The van der Waals surface area contributed by atoms with E-state index >= 15 is 26.3 Å². The SMILES string of the molecule is C[C@H](OC(=O)Nc1ccccc1)[C@@]12Sc3ccccc3C1=C1C(=C3c4ccccc4S[C@]32C)C(F)(F)C(F)(F)C1(F)F. The second-order valence-corrected chi connectivity index (χ2v) is 13.5. The lowest BCUT2D eigenvalue weighted by atomic mass is 9.65. The Balaban J connectivity index is 1.53. The highest BCUT2D eigenvalue weighted by atomic mass is 32.2. The van der Waals surface area contributed by atoms with Crippen LogP contribution in [0.1, 0.15) is 25.0 Å². The van der Waals surface area contributed by atoms with Crippen molar-refractivity contribution in [3.8, 4) is 0 Å². The number of benzene rings is 3. The summed E-state index contributed by atoms with van der Waals surface area (Å²) in [6.07, 6.45) is -2.15. The summed E-state index contributed by atoms with van der Waals surface area (Å²) < 4.78 is 96.8. The Morgan fingerprint density at radius 1 is 0.714 bits per heavy atom. The molecule has 1 amide bonds. The predicted octanol–water partition coefficient (Wildman–Crippen LogP) is 9.17. The van der Waals surface area contributed by atoms with Gasteiger partial charge in [-0.15, -0.1) is 23.5 Å². The molecule has 0 saturated heterocycles. The van der Waals surface area contributed by atoms with Gasteiger partial charge in [0.05, 0.1) is 4.75 Å².